The van der Waals surface area contributed by atoms with Gasteiger partial charge in [-0.1, -0.05) is 30.3 Å². The van der Waals surface area contributed by atoms with Crippen molar-refractivity contribution in [2.75, 3.05) is 6.54 Å². The molecule has 8 heteroatoms. The number of nitrogens with one attached hydrogen (secondary N) is 2. The lowest BCUT2D eigenvalue weighted by atomic mass is 10.2. The Morgan fingerprint density at radius 1 is 1.11 bits per heavy atom. The molecule has 0 radical (unpaired) electrons. The monoisotopic (exact) mass is 378 g/mol. The van der Waals surface area contributed by atoms with E-state index in [4.69, 9.17) is 14.2 Å². The number of rotatable bonds is 7. The van der Waals surface area contributed by atoms with Crippen LogP contribution in [0.1, 0.15) is 39.2 Å². The average Bonchev–Trinajstić information content (AvgIpc) is 3.40. The van der Waals surface area contributed by atoms with Crippen molar-refractivity contribution in [2.45, 2.75) is 58.0 Å². The number of esters is 1. The molecule has 1 fully saturated rings. The lowest BCUT2D eigenvalue weighted by Gasteiger charge is -2.22. The highest BCUT2D eigenvalue weighted by atomic mass is 16.6. The zero-order valence-corrected chi connectivity index (χ0v) is 15.8. The molecule has 1 aromatic rings. The summed E-state index contributed by atoms with van der Waals surface area (Å²) in [5.74, 6) is -0.620. The number of benzene rings is 1. The van der Waals surface area contributed by atoms with Crippen molar-refractivity contribution in [1.82, 2.24) is 10.6 Å². The van der Waals surface area contributed by atoms with Crippen molar-refractivity contribution in [1.29, 1.82) is 0 Å². The van der Waals surface area contributed by atoms with E-state index in [1.165, 1.54) is 0 Å². The highest BCUT2D eigenvalue weighted by Crippen LogP contribution is 2.23. The van der Waals surface area contributed by atoms with Crippen LogP contribution in [-0.4, -0.2) is 42.4 Å². The zero-order valence-electron chi connectivity index (χ0n) is 15.8. The van der Waals surface area contributed by atoms with Gasteiger partial charge >= 0.3 is 18.2 Å². The van der Waals surface area contributed by atoms with Crippen LogP contribution in [0, 0.1) is 0 Å². The van der Waals surface area contributed by atoms with Crippen LogP contribution in [-0.2, 0) is 25.6 Å². The molecule has 2 N–H and O–H groups in total. The van der Waals surface area contributed by atoms with Gasteiger partial charge in [-0.2, -0.15) is 0 Å². The van der Waals surface area contributed by atoms with E-state index in [0.29, 0.717) is 0 Å². The number of hydrogen-bond acceptors (Lipinski definition) is 6. The van der Waals surface area contributed by atoms with E-state index in [9.17, 15) is 14.4 Å². The standard InChI is InChI=1S/C19H26N2O6/c1-19(2,3)27-17(23)20-11-15(16(22)26-14-9-10-14)21-18(24)25-12-13-7-5-4-6-8-13/h4-8,14-15H,9-12H2,1-3H3,(H,20,23)(H,21,24)/t15-/m1/s1. The molecule has 148 valence electrons. The number of carbonyl (C=O) groups is 3. The van der Waals surface area contributed by atoms with Gasteiger partial charge in [0.25, 0.3) is 0 Å². The lowest BCUT2D eigenvalue weighted by Crippen LogP contribution is -2.50. The first-order valence-corrected chi connectivity index (χ1v) is 8.87. The summed E-state index contributed by atoms with van der Waals surface area (Å²) in [6.45, 7) is 5.08. The second-order valence-electron chi connectivity index (χ2n) is 7.28. The lowest BCUT2D eigenvalue weighted by molar-refractivity contribution is -0.147. The Balaban J connectivity index is 1.85. The van der Waals surface area contributed by atoms with Crippen LogP contribution in [0.5, 0.6) is 0 Å². The third-order valence-corrected chi connectivity index (χ3v) is 3.45. The molecular weight excluding hydrogens is 352 g/mol. The smallest absolute Gasteiger partial charge is 0.408 e. The largest absolute Gasteiger partial charge is 0.461 e. The summed E-state index contributed by atoms with van der Waals surface area (Å²) in [5, 5.41) is 4.89. The minimum Gasteiger partial charge on any atom is -0.461 e. The maximum Gasteiger partial charge on any atom is 0.408 e. The van der Waals surface area contributed by atoms with Crippen LogP contribution in [0.25, 0.3) is 0 Å². The van der Waals surface area contributed by atoms with Crippen molar-refractivity contribution in [3.8, 4) is 0 Å². The summed E-state index contributed by atoms with van der Waals surface area (Å²) in [4.78, 5) is 36.0. The molecule has 0 aliphatic heterocycles. The van der Waals surface area contributed by atoms with Gasteiger partial charge in [-0.15, -0.1) is 0 Å². The molecule has 0 spiro atoms. The van der Waals surface area contributed by atoms with Crippen LogP contribution in [0.2, 0.25) is 0 Å². The second kappa shape index (κ2) is 9.25. The van der Waals surface area contributed by atoms with Gasteiger partial charge in [0.05, 0.1) is 6.54 Å². The van der Waals surface area contributed by atoms with E-state index in [1.807, 2.05) is 30.3 Å². The molecule has 2 amide bonds. The first-order valence-electron chi connectivity index (χ1n) is 8.87. The zero-order chi connectivity index (χ0) is 19.9. The molecule has 0 unspecified atom stereocenters. The summed E-state index contributed by atoms with van der Waals surface area (Å²) in [6.07, 6.45) is 0.0183. The van der Waals surface area contributed by atoms with E-state index in [0.717, 1.165) is 18.4 Å². The number of carbonyl (C=O) groups excluding carboxylic acids is 3. The molecule has 1 saturated carbocycles. The van der Waals surface area contributed by atoms with Gasteiger partial charge < -0.3 is 24.8 Å². The molecule has 0 heterocycles. The van der Waals surface area contributed by atoms with Crippen LogP contribution < -0.4 is 10.6 Å². The summed E-state index contributed by atoms with van der Waals surface area (Å²) in [5.41, 5.74) is 0.146. The fraction of sp³-hybridized carbons (Fsp3) is 0.526. The Bertz CT molecular complexity index is 652. The van der Waals surface area contributed by atoms with Crippen molar-refractivity contribution in [3.63, 3.8) is 0 Å². The predicted octanol–water partition coefficient (Wildman–Crippen LogP) is 2.51. The molecule has 2 rings (SSSR count). The predicted molar refractivity (Wildman–Crippen MR) is 96.9 cm³/mol. The van der Waals surface area contributed by atoms with Crippen molar-refractivity contribution < 1.29 is 28.6 Å². The first-order chi connectivity index (χ1) is 12.7. The summed E-state index contributed by atoms with van der Waals surface area (Å²) in [6, 6.07) is 8.08. The Labute approximate surface area is 158 Å². The van der Waals surface area contributed by atoms with Gasteiger partial charge in [-0.05, 0) is 39.2 Å². The minimum atomic E-state index is -1.07. The summed E-state index contributed by atoms with van der Waals surface area (Å²) >= 11 is 0. The molecule has 8 nitrogen and oxygen atoms in total. The fourth-order valence-corrected chi connectivity index (χ4v) is 2.03. The van der Waals surface area contributed by atoms with Gasteiger partial charge in [0, 0.05) is 0 Å². The third-order valence-electron chi connectivity index (χ3n) is 3.45. The minimum absolute atomic E-state index is 0.0660. The van der Waals surface area contributed by atoms with Gasteiger partial charge in [0.1, 0.15) is 24.4 Å². The van der Waals surface area contributed by atoms with Crippen molar-refractivity contribution in [3.05, 3.63) is 35.9 Å². The molecule has 1 aliphatic carbocycles. The van der Waals surface area contributed by atoms with E-state index in [2.05, 4.69) is 10.6 Å². The van der Waals surface area contributed by atoms with Gasteiger partial charge in [-0.3, -0.25) is 0 Å². The van der Waals surface area contributed by atoms with Crippen molar-refractivity contribution in [2.24, 2.45) is 0 Å². The van der Waals surface area contributed by atoms with Gasteiger partial charge in [0.2, 0.25) is 0 Å². The normalized spacial score (nSPS) is 14.6. The van der Waals surface area contributed by atoms with E-state index in [-0.39, 0.29) is 19.3 Å². The Morgan fingerprint density at radius 3 is 2.37 bits per heavy atom. The summed E-state index contributed by atoms with van der Waals surface area (Å²) < 4.78 is 15.5. The number of hydrogen-bond donors (Lipinski definition) is 2. The Morgan fingerprint density at radius 2 is 1.78 bits per heavy atom. The number of ether oxygens (including phenoxy) is 3. The van der Waals surface area contributed by atoms with E-state index < -0.39 is 29.8 Å². The van der Waals surface area contributed by atoms with Crippen molar-refractivity contribution >= 4 is 18.2 Å². The molecule has 0 saturated heterocycles. The maximum absolute atomic E-state index is 12.2. The number of amides is 2. The SMILES string of the molecule is CC(C)(C)OC(=O)NC[C@@H](NC(=O)OCc1ccccc1)C(=O)OC1CC1. The summed E-state index contributed by atoms with van der Waals surface area (Å²) in [7, 11) is 0. The molecule has 1 aromatic carbocycles. The fourth-order valence-electron chi connectivity index (χ4n) is 2.03. The van der Waals surface area contributed by atoms with Crippen LogP contribution >= 0.6 is 0 Å². The van der Waals surface area contributed by atoms with E-state index >= 15 is 0 Å². The molecule has 0 bridgehead atoms. The van der Waals surface area contributed by atoms with Crippen LogP contribution in [0.4, 0.5) is 9.59 Å². The number of alkyl carbamates (subject to hydrolysis) is 2. The Kier molecular flexibility index (Phi) is 7.04. The van der Waals surface area contributed by atoms with Crippen LogP contribution in [0.15, 0.2) is 30.3 Å². The van der Waals surface area contributed by atoms with Gasteiger partial charge in [-0.25, -0.2) is 14.4 Å². The average molecular weight is 378 g/mol. The highest BCUT2D eigenvalue weighted by molar-refractivity contribution is 5.82. The third kappa shape index (κ3) is 8.44. The molecule has 0 aromatic heterocycles. The maximum atomic E-state index is 12.2. The first kappa shape index (κ1) is 20.5. The molecular formula is C19H26N2O6. The second-order valence-corrected chi connectivity index (χ2v) is 7.28. The molecule has 27 heavy (non-hydrogen) atoms. The van der Waals surface area contributed by atoms with E-state index in [1.54, 1.807) is 20.8 Å². The topological polar surface area (TPSA) is 103 Å². The van der Waals surface area contributed by atoms with Crippen LogP contribution in [0.3, 0.4) is 0 Å². The molecule has 1 atom stereocenters. The Hall–Kier alpha value is -2.77. The van der Waals surface area contributed by atoms with Gasteiger partial charge in [0.15, 0.2) is 0 Å². The quantitative estimate of drug-likeness (QED) is 0.558. The highest BCUT2D eigenvalue weighted by Gasteiger charge is 2.31. The molecule has 1 aliphatic rings.